The molecule has 0 saturated carbocycles. The van der Waals surface area contributed by atoms with Crippen LogP contribution >= 0.6 is 12.2 Å². The standard InChI is InChI=1S/C19H20N4O2S/c1-2-6-17-21-22-19(26)23(17)13-18(24)20-14-9-11-16(12-10-14)25-15-7-4-3-5-8-15/h3-5,7-12H,2,6,13H2,1H3,(H,20,24)(H,22,26). The van der Waals surface area contributed by atoms with Crippen molar-refractivity contribution in [1.29, 1.82) is 0 Å². The van der Waals surface area contributed by atoms with Gasteiger partial charge in [0.05, 0.1) is 0 Å². The summed E-state index contributed by atoms with van der Waals surface area (Å²) >= 11 is 5.20. The second-order valence-electron chi connectivity index (χ2n) is 5.77. The van der Waals surface area contributed by atoms with Crippen LogP contribution in [0.2, 0.25) is 0 Å². The highest BCUT2D eigenvalue weighted by molar-refractivity contribution is 7.71. The van der Waals surface area contributed by atoms with Crippen molar-refractivity contribution >= 4 is 23.8 Å². The van der Waals surface area contributed by atoms with Crippen LogP contribution in [0.25, 0.3) is 0 Å². The first-order valence-electron chi connectivity index (χ1n) is 8.42. The van der Waals surface area contributed by atoms with Crippen molar-refractivity contribution in [2.45, 2.75) is 26.3 Å². The van der Waals surface area contributed by atoms with E-state index in [0.29, 0.717) is 16.2 Å². The van der Waals surface area contributed by atoms with Crippen LogP contribution in [0.1, 0.15) is 19.2 Å². The molecule has 7 heteroatoms. The first-order chi connectivity index (χ1) is 12.7. The Balaban J connectivity index is 1.61. The quantitative estimate of drug-likeness (QED) is 0.609. The number of hydrogen-bond acceptors (Lipinski definition) is 4. The highest BCUT2D eigenvalue weighted by Crippen LogP contribution is 2.22. The van der Waals surface area contributed by atoms with Crippen LogP contribution in [0, 0.1) is 4.77 Å². The monoisotopic (exact) mass is 368 g/mol. The summed E-state index contributed by atoms with van der Waals surface area (Å²) in [7, 11) is 0. The van der Waals surface area contributed by atoms with E-state index in [0.717, 1.165) is 24.4 Å². The van der Waals surface area contributed by atoms with Crippen LogP contribution in [0.3, 0.4) is 0 Å². The normalized spacial score (nSPS) is 10.5. The summed E-state index contributed by atoms with van der Waals surface area (Å²) in [6.07, 6.45) is 1.70. The van der Waals surface area contributed by atoms with Gasteiger partial charge in [0.2, 0.25) is 5.91 Å². The summed E-state index contributed by atoms with van der Waals surface area (Å²) in [5.74, 6) is 2.11. The molecule has 3 aromatic rings. The van der Waals surface area contributed by atoms with Crippen LogP contribution in [0.15, 0.2) is 54.6 Å². The molecular weight excluding hydrogens is 348 g/mol. The van der Waals surface area contributed by atoms with Gasteiger partial charge in [0.15, 0.2) is 4.77 Å². The zero-order valence-electron chi connectivity index (χ0n) is 14.4. The van der Waals surface area contributed by atoms with E-state index in [4.69, 9.17) is 17.0 Å². The predicted molar refractivity (Wildman–Crippen MR) is 103 cm³/mol. The Kier molecular flexibility index (Phi) is 5.80. The van der Waals surface area contributed by atoms with Gasteiger partial charge in [-0.3, -0.25) is 14.5 Å². The lowest BCUT2D eigenvalue weighted by Crippen LogP contribution is -2.20. The molecule has 0 spiro atoms. The summed E-state index contributed by atoms with van der Waals surface area (Å²) in [5, 5.41) is 9.77. The Labute approximate surface area is 156 Å². The van der Waals surface area contributed by atoms with Gasteiger partial charge in [-0.15, -0.1) is 0 Å². The Morgan fingerprint density at radius 1 is 1.15 bits per heavy atom. The number of amides is 1. The molecule has 1 aromatic heterocycles. The minimum absolute atomic E-state index is 0.132. The van der Waals surface area contributed by atoms with Crippen molar-refractivity contribution in [3.8, 4) is 11.5 Å². The Morgan fingerprint density at radius 3 is 2.54 bits per heavy atom. The number of benzene rings is 2. The summed E-state index contributed by atoms with van der Waals surface area (Å²) in [5.41, 5.74) is 0.697. The topological polar surface area (TPSA) is 71.9 Å². The number of nitrogens with zero attached hydrogens (tertiary/aromatic N) is 2. The molecule has 2 N–H and O–H groups in total. The lowest BCUT2D eigenvalue weighted by Gasteiger charge is -2.09. The highest BCUT2D eigenvalue weighted by Gasteiger charge is 2.10. The lowest BCUT2D eigenvalue weighted by atomic mass is 10.3. The molecule has 134 valence electrons. The highest BCUT2D eigenvalue weighted by atomic mass is 32.1. The smallest absolute Gasteiger partial charge is 0.244 e. The molecule has 3 rings (SSSR count). The maximum atomic E-state index is 12.3. The molecule has 0 unspecified atom stereocenters. The van der Waals surface area contributed by atoms with Crippen LogP contribution < -0.4 is 10.1 Å². The third kappa shape index (κ3) is 4.58. The van der Waals surface area contributed by atoms with Crippen LogP contribution in [-0.2, 0) is 17.8 Å². The average molecular weight is 368 g/mol. The van der Waals surface area contributed by atoms with E-state index < -0.39 is 0 Å². The van der Waals surface area contributed by atoms with Gasteiger partial charge in [-0.05, 0) is 55.0 Å². The molecule has 26 heavy (non-hydrogen) atoms. The number of rotatable bonds is 7. The minimum atomic E-state index is -0.156. The van der Waals surface area contributed by atoms with E-state index in [1.807, 2.05) is 42.5 Å². The maximum Gasteiger partial charge on any atom is 0.244 e. The number of nitrogens with one attached hydrogen (secondary N) is 2. The number of H-pyrrole nitrogens is 1. The van der Waals surface area contributed by atoms with E-state index in [-0.39, 0.29) is 12.5 Å². The van der Waals surface area contributed by atoms with Crippen molar-refractivity contribution in [2.75, 3.05) is 5.32 Å². The Bertz CT molecular complexity index is 917. The Morgan fingerprint density at radius 2 is 1.85 bits per heavy atom. The molecule has 0 bridgehead atoms. The van der Waals surface area contributed by atoms with Gasteiger partial charge in [0.25, 0.3) is 0 Å². The first kappa shape index (κ1) is 17.9. The van der Waals surface area contributed by atoms with Gasteiger partial charge >= 0.3 is 0 Å². The molecule has 0 fully saturated rings. The van der Waals surface area contributed by atoms with Crippen molar-refractivity contribution in [3.63, 3.8) is 0 Å². The number of hydrogen-bond donors (Lipinski definition) is 2. The Hall–Kier alpha value is -2.93. The van der Waals surface area contributed by atoms with Crippen molar-refractivity contribution in [2.24, 2.45) is 0 Å². The third-order valence-electron chi connectivity index (χ3n) is 3.73. The summed E-state index contributed by atoms with van der Waals surface area (Å²) in [6, 6.07) is 16.8. The number of aromatic amines is 1. The molecule has 0 radical (unpaired) electrons. The zero-order chi connectivity index (χ0) is 18.4. The van der Waals surface area contributed by atoms with Gasteiger partial charge < -0.3 is 10.1 Å². The number of anilines is 1. The SMILES string of the molecule is CCCc1n[nH]c(=S)n1CC(=O)Nc1ccc(Oc2ccccc2)cc1. The number of carbonyl (C=O) groups is 1. The summed E-state index contributed by atoms with van der Waals surface area (Å²) in [4.78, 5) is 12.3. The lowest BCUT2D eigenvalue weighted by molar-refractivity contribution is -0.116. The van der Waals surface area contributed by atoms with E-state index >= 15 is 0 Å². The fraction of sp³-hybridized carbons (Fsp3) is 0.211. The molecule has 0 aliphatic rings. The van der Waals surface area contributed by atoms with Crippen molar-refractivity contribution < 1.29 is 9.53 Å². The van der Waals surface area contributed by atoms with E-state index in [9.17, 15) is 4.79 Å². The molecule has 0 aliphatic carbocycles. The second kappa shape index (κ2) is 8.44. The van der Waals surface area contributed by atoms with Crippen molar-refractivity contribution in [3.05, 3.63) is 65.2 Å². The van der Waals surface area contributed by atoms with Crippen molar-refractivity contribution in [1.82, 2.24) is 14.8 Å². The number of aryl methyl sites for hydroxylation is 1. The molecule has 6 nitrogen and oxygen atoms in total. The number of aromatic nitrogens is 3. The van der Waals surface area contributed by atoms with E-state index in [1.54, 1.807) is 16.7 Å². The molecule has 0 aliphatic heterocycles. The van der Waals surface area contributed by atoms with Gasteiger partial charge in [-0.25, -0.2) is 0 Å². The maximum absolute atomic E-state index is 12.3. The number of ether oxygens (including phenoxy) is 1. The molecule has 0 atom stereocenters. The molecule has 2 aromatic carbocycles. The van der Waals surface area contributed by atoms with E-state index in [2.05, 4.69) is 22.4 Å². The van der Waals surface area contributed by atoms with Crippen LogP contribution in [0.5, 0.6) is 11.5 Å². The zero-order valence-corrected chi connectivity index (χ0v) is 15.3. The third-order valence-corrected chi connectivity index (χ3v) is 4.04. The van der Waals surface area contributed by atoms with Gasteiger partial charge in [-0.2, -0.15) is 5.10 Å². The van der Waals surface area contributed by atoms with Gasteiger partial charge in [0.1, 0.15) is 23.9 Å². The molecule has 0 saturated heterocycles. The summed E-state index contributed by atoms with van der Waals surface area (Å²) < 4.78 is 7.92. The first-order valence-corrected chi connectivity index (χ1v) is 8.83. The number of carbonyl (C=O) groups excluding carboxylic acids is 1. The van der Waals surface area contributed by atoms with Crippen LogP contribution in [0.4, 0.5) is 5.69 Å². The second-order valence-corrected chi connectivity index (χ2v) is 6.16. The number of para-hydroxylation sites is 1. The van der Waals surface area contributed by atoms with Crippen LogP contribution in [-0.4, -0.2) is 20.7 Å². The largest absolute Gasteiger partial charge is 0.457 e. The molecular formula is C19H20N4O2S. The molecule has 1 heterocycles. The minimum Gasteiger partial charge on any atom is -0.457 e. The molecule has 1 amide bonds. The fourth-order valence-electron chi connectivity index (χ4n) is 2.50. The fourth-order valence-corrected chi connectivity index (χ4v) is 2.72. The van der Waals surface area contributed by atoms with Gasteiger partial charge in [0, 0.05) is 12.1 Å². The average Bonchev–Trinajstić information content (AvgIpc) is 2.98. The predicted octanol–water partition coefficient (Wildman–Crippen LogP) is 4.32. The van der Waals surface area contributed by atoms with E-state index in [1.165, 1.54) is 0 Å². The van der Waals surface area contributed by atoms with Gasteiger partial charge in [-0.1, -0.05) is 25.1 Å². The summed E-state index contributed by atoms with van der Waals surface area (Å²) in [6.45, 7) is 2.19.